The fraction of sp³-hybridized carbons (Fsp3) is 0.344. The average Bonchev–Trinajstić information content (AvgIpc) is 0.846. The molecule has 5 fully saturated rings. The number of nitrogens with one attached hydrogen (secondary N) is 5. The molecule has 0 radical (unpaired) electrons. The van der Waals surface area contributed by atoms with E-state index in [-0.39, 0.29) is 53.5 Å². The van der Waals surface area contributed by atoms with E-state index in [1.165, 1.54) is 66.8 Å². The topological polar surface area (TPSA) is 139 Å². The van der Waals surface area contributed by atoms with E-state index < -0.39 is 5.82 Å². The summed E-state index contributed by atoms with van der Waals surface area (Å²) in [5, 5.41) is 26.7. The second-order valence-corrected chi connectivity index (χ2v) is 29.1. The minimum atomic E-state index is -0.448. The molecule has 5 unspecified atom stereocenters. The van der Waals surface area contributed by atoms with Gasteiger partial charge in [0.05, 0.1) is 18.7 Å². The highest BCUT2D eigenvalue weighted by molar-refractivity contribution is 6.30. The standard InChI is InChI=1S/C19H22ClNO.C19H19FN2O.C19H22FNO2.2C18H20FNO/c1-14-7-8-17(20)13-18(14)22-19(15-5-3-2-4-6-15)16-9-11-21-12-10-16;20-17-10-14(13-21)11-18(12-17)23-19(15-4-2-1-3-5-15)16-6-8-22-9-7-16;1-22-17-11-16(20)12-18(13-17)23-19(14-5-3-2-4-6-14)15-7-9-21-10-8-15;19-16-7-4-8-17(13-16)21-18(14-5-2-1-3-6-14)15-9-11-20-12-10-15;19-16-6-8-17(9-7-16)21-18(14-4-2-1-3-5-14)15-10-12-20-13-11-15/h2-8,13,16,19,21H,9-12H2,1H3;1-5,10-12,16,19,22H,6-9H2;2-6,11-13,15,19,21H,7-10H2,1H3;1-8,13,15,18,20H,9-12H2;1-9,15,18,20H,10-13H2. The summed E-state index contributed by atoms with van der Waals surface area (Å²) in [5.41, 5.74) is 7.21. The Morgan fingerprint density at radius 3 is 1.01 bits per heavy atom. The Morgan fingerprint density at radius 1 is 0.318 bits per heavy atom. The fourth-order valence-corrected chi connectivity index (χ4v) is 15.2. The molecule has 110 heavy (non-hydrogen) atoms. The van der Waals surface area contributed by atoms with Gasteiger partial charge < -0.3 is 55.0 Å². The van der Waals surface area contributed by atoms with Crippen molar-refractivity contribution in [2.75, 3.05) is 72.6 Å². The molecule has 0 aliphatic carbocycles. The third-order valence-electron chi connectivity index (χ3n) is 20.8. The normalized spacial score (nSPS) is 17.0. The lowest BCUT2D eigenvalue weighted by atomic mass is 9.88. The number of piperidine rings is 5. The zero-order chi connectivity index (χ0) is 76.5. The van der Waals surface area contributed by atoms with Crippen molar-refractivity contribution in [1.29, 1.82) is 5.26 Å². The van der Waals surface area contributed by atoms with Crippen LogP contribution in [0.1, 0.15) is 134 Å². The summed E-state index contributed by atoms with van der Waals surface area (Å²) >= 11 is 6.14. The second-order valence-electron chi connectivity index (χ2n) is 28.6. The van der Waals surface area contributed by atoms with Crippen molar-refractivity contribution < 1.29 is 46.0 Å². The maximum absolute atomic E-state index is 13.7. The first-order chi connectivity index (χ1) is 53.9. The van der Waals surface area contributed by atoms with Gasteiger partial charge in [0.25, 0.3) is 0 Å². The molecule has 15 rings (SSSR count). The number of benzene rings is 10. The number of hydrogen-bond acceptors (Lipinski definition) is 12. The summed E-state index contributed by atoms with van der Waals surface area (Å²) in [5.74, 6) is 4.56. The molecule has 0 amide bonds. The maximum Gasteiger partial charge on any atom is 0.130 e. The van der Waals surface area contributed by atoms with Crippen LogP contribution in [-0.4, -0.2) is 72.6 Å². The number of ether oxygens (including phenoxy) is 6. The number of nitriles is 1. The quantitative estimate of drug-likeness (QED) is 0.0438. The van der Waals surface area contributed by atoms with Gasteiger partial charge in [-0.2, -0.15) is 5.26 Å². The largest absolute Gasteiger partial charge is 0.497 e. The molecular weight excluding hydrogens is 1410 g/mol. The molecule has 10 aromatic carbocycles. The number of hydrogen-bond donors (Lipinski definition) is 5. The highest BCUT2D eigenvalue weighted by atomic mass is 35.5. The van der Waals surface area contributed by atoms with Crippen molar-refractivity contribution in [2.24, 2.45) is 29.6 Å². The van der Waals surface area contributed by atoms with Gasteiger partial charge in [-0.1, -0.05) is 175 Å². The lowest BCUT2D eigenvalue weighted by Crippen LogP contribution is -2.32. The predicted molar refractivity (Wildman–Crippen MR) is 430 cm³/mol. The molecule has 12 nitrogen and oxygen atoms in total. The zero-order valence-corrected chi connectivity index (χ0v) is 63.7. The summed E-state index contributed by atoms with van der Waals surface area (Å²) in [6, 6.07) is 80.4. The van der Waals surface area contributed by atoms with E-state index in [0.717, 1.165) is 168 Å². The van der Waals surface area contributed by atoms with Gasteiger partial charge in [0.15, 0.2) is 0 Å². The van der Waals surface area contributed by atoms with Crippen LogP contribution in [0.15, 0.2) is 255 Å². The molecule has 17 heteroatoms. The first-order valence-electron chi connectivity index (χ1n) is 38.9. The van der Waals surface area contributed by atoms with Gasteiger partial charge in [-0.3, -0.25) is 0 Å². The Labute approximate surface area is 652 Å². The molecule has 5 saturated heterocycles. The summed E-state index contributed by atoms with van der Waals surface area (Å²) in [7, 11) is 1.53. The monoisotopic (exact) mass is 1510 g/mol. The molecule has 5 aliphatic heterocycles. The predicted octanol–water partition coefficient (Wildman–Crippen LogP) is 20.4. The molecule has 576 valence electrons. The van der Waals surface area contributed by atoms with Gasteiger partial charge in [-0.15, -0.1) is 0 Å². The molecule has 5 N–H and O–H groups in total. The van der Waals surface area contributed by atoms with E-state index in [0.29, 0.717) is 52.6 Å². The summed E-state index contributed by atoms with van der Waals surface area (Å²) < 4.78 is 90.1. The SMILES string of the molecule is COc1cc(F)cc(OC(c2ccccc2)C2CCNCC2)c1.Cc1ccc(Cl)cc1OC(c1ccccc1)C1CCNCC1.Fc1ccc(OC(c2ccccc2)C2CCNCC2)cc1.Fc1cccc(OC(c2ccccc2)C2CCNCC2)c1.N#Cc1cc(F)cc(OC(c2ccccc2)C2CCNCC2)c1. The highest BCUT2D eigenvalue weighted by Crippen LogP contribution is 2.40. The second kappa shape index (κ2) is 43.6. The minimum Gasteiger partial charge on any atom is -0.497 e. The van der Waals surface area contributed by atoms with Gasteiger partial charge >= 0.3 is 0 Å². The molecular formula is C93H103ClF4N6O6. The van der Waals surface area contributed by atoms with Crippen LogP contribution in [-0.2, 0) is 0 Å². The van der Waals surface area contributed by atoms with Crippen LogP contribution in [0.2, 0.25) is 5.02 Å². The Hall–Kier alpha value is -9.70. The Bertz CT molecular complexity index is 4340. The van der Waals surface area contributed by atoms with Crippen LogP contribution in [0.25, 0.3) is 0 Å². The van der Waals surface area contributed by atoms with E-state index in [4.69, 9.17) is 45.3 Å². The molecule has 5 heterocycles. The number of nitrogens with zero attached hydrogens (tertiary/aromatic N) is 1. The highest BCUT2D eigenvalue weighted by Gasteiger charge is 2.32. The van der Waals surface area contributed by atoms with Crippen LogP contribution in [0.3, 0.4) is 0 Å². The molecule has 5 aliphatic rings. The molecule has 10 aromatic rings. The lowest BCUT2D eigenvalue weighted by molar-refractivity contribution is 0.112. The van der Waals surface area contributed by atoms with Gasteiger partial charge in [-0.05, 0) is 231 Å². The number of aryl methyl sites for hydroxylation is 1. The minimum absolute atomic E-state index is 0.0184. The van der Waals surface area contributed by atoms with E-state index in [9.17, 15) is 17.6 Å². The molecule has 5 atom stereocenters. The molecule has 0 bridgehead atoms. The van der Waals surface area contributed by atoms with E-state index in [2.05, 4.69) is 94.2 Å². The van der Waals surface area contributed by atoms with Crippen molar-refractivity contribution in [3.8, 4) is 40.6 Å². The van der Waals surface area contributed by atoms with Crippen molar-refractivity contribution in [2.45, 2.75) is 102 Å². The van der Waals surface area contributed by atoms with Crippen molar-refractivity contribution in [1.82, 2.24) is 26.6 Å². The van der Waals surface area contributed by atoms with Crippen molar-refractivity contribution >= 4 is 11.6 Å². The third kappa shape index (κ3) is 25.4. The maximum atomic E-state index is 13.7. The lowest BCUT2D eigenvalue weighted by Gasteiger charge is -2.32. The van der Waals surface area contributed by atoms with Crippen LogP contribution in [0.5, 0.6) is 34.5 Å². The van der Waals surface area contributed by atoms with Crippen LogP contribution in [0.4, 0.5) is 17.6 Å². The molecule has 0 spiro atoms. The number of halogens is 5. The van der Waals surface area contributed by atoms with Gasteiger partial charge in [0, 0.05) is 64.9 Å². The van der Waals surface area contributed by atoms with Gasteiger partial charge in [0.2, 0.25) is 0 Å². The smallest absolute Gasteiger partial charge is 0.130 e. The van der Waals surface area contributed by atoms with Crippen LogP contribution >= 0.6 is 11.6 Å². The fourth-order valence-electron chi connectivity index (χ4n) is 15.0. The number of rotatable bonds is 21. The first kappa shape index (κ1) is 81.3. The summed E-state index contributed by atoms with van der Waals surface area (Å²) in [6.07, 6.45) is 10.6. The Balaban J connectivity index is 0.000000136. The van der Waals surface area contributed by atoms with E-state index in [1.807, 2.05) is 121 Å². The molecule has 0 saturated carbocycles. The van der Waals surface area contributed by atoms with E-state index in [1.54, 1.807) is 30.3 Å². The summed E-state index contributed by atoms with van der Waals surface area (Å²) in [6.45, 7) is 12.2. The average molecular weight is 1510 g/mol. The van der Waals surface area contributed by atoms with Crippen LogP contribution < -0.4 is 55.0 Å². The van der Waals surface area contributed by atoms with E-state index >= 15 is 0 Å². The number of methoxy groups -OCH3 is 1. The first-order valence-corrected chi connectivity index (χ1v) is 39.2. The molecule has 0 aromatic heterocycles. The van der Waals surface area contributed by atoms with Crippen LogP contribution in [0, 0.1) is 71.1 Å². The third-order valence-corrected chi connectivity index (χ3v) is 21.1. The van der Waals surface area contributed by atoms with Crippen molar-refractivity contribution in [3.63, 3.8) is 0 Å². The van der Waals surface area contributed by atoms with Crippen molar-refractivity contribution in [3.05, 3.63) is 322 Å². The van der Waals surface area contributed by atoms with Gasteiger partial charge in [-0.25, -0.2) is 17.6 Å². The Morgan fingerprint density at radius 2 is 0.645 bits per heavy atom. The van der Waals surface area contributed by atoms with Gasteiger partial charge in [0.1, 0.15) is 88.3 Å². The Kier molecular flexibility index (Phi) is 32.2. The summed E-state index contributed by atoms with van der Waals surface area (Å²) in [4.78, 5) is 0. The zero-order valence-electron chi connectivity index (χ0n) is 63.0.